The Morgan fingerprint density at radius 2 is 2.15 bits per heavy atom. The zero-order valence-electron chi connectivity index (χ0n) is 12.3. The van der Waals surface area contributed by atoms with Crippen molar-refractivity contribution in [3.05, 3.63) is 16.1 Å². The molecule has 1 aromatic heterocycles. The van der Waals surface area contributed by atoms with Gasteiger partial charge in [-0.05, 0) is 33.6 Å². The Bertz CT molecular complexity index is 459. The van der Waals surface area contributed by atoms with Crippen molar-refractivity contribution in [3.8, 4) is 0 Å². The van der Waals surface area contributed by atoms with Crippen molar-refractivity contribution in [1.29, 1.82) is 0 Å². The Morgan fingerprint density at radius 3 is 2.65 bits per heavy atom. The predicted octanol–water partition coefficient (Wildman–Crippen LogP) is 2.75. The van der Waals surface area contributed by atoms with Crippen LogP contribution in [0.3, 0.4) is 0 Å². The molecule has 20 heavy (non-hydrogen) atoms. The number of rotatable bonds is 2. The minimum atomic E-state index is -0.446. The fraction of sp³-hybridized carbons (Fsp3) is 0.714. The Labute approximate surface area is 123 Å². The molecule has 0 aromatic carbocycles. The summed E-state index contributed by atoms with van der Waals surface area (Å²) in [6, 6.07) is 0. The first kappa shape index (κ1) is 15.3. The van der Waals surface area contributed by atoms with Crippen molar-refractivity contribution < 1.29 is 14.6 Å². The van der Waals surface area contributed by atoms with E-state index >= 15 is 0 Å². The molecule has 6 heteroatoms. The van der Waals surface area contributed by atoms with E-state index in [1.165, 1.54) is 11.3 Å². The number of hydrogen-bond acceptors (Lipinski definition) is 5. The molecule has 5 nitrogen and oxygen atoms in total. The van der Waals surface area contributed by atoms with Crippen molar-refractivity contribution in [2.24, 2.45) is 0 Å². The molecule has 112 valence electrons. The van der Waals surface area contributed by atoms with Crippen LogP contribution in [0.2, 0.25) is 0 Å². The smallest absolute Gasteiger partial charge is 0.410 e. The van der Waals surface area contributed by atoms with Crippen LogP contribution in [0.1, 0.15) is 50.2 Å². The van der Waals surface area contributed by atoms with Crippen LogP contribution in [0.25, 0.3) is 0 Å². The lowest BCUT2D eigenvalue weighted by molar-refractivity contribution is 0.0204. The van der Waals surface area contributed by atoms with Crippen molar-refractivity contribution >= 4 is 17.4 Å². The van der Waals surface area contributed by atoms with Gasteiger partial charge in [0.1, 0.15) is 10.6 Å². The zero-order chi connectivity index (χ0) is 14.8. The van der Waals surface area contributed by atoms with Crippen LogP contribution in [-0.2, 0) is 11.3 Å². The van der Waals surface area contributed by atoms with Gasteiger partial charge in [0.05, 0.1) is 12.3 Å². The first-order chi connectivity index (χ1) is 9.39. The lowest BCUT2D eigenvalue weighted by Gasteiger charge is -2.32. The van der Waals surface area contributed by atoms with E-state index in [-0.39, 0.29) is 12.7 Å². The van der Waals surface area contributed by atoms with Gasteiger partial charge >= 0.3 is 6.09 Å². The lowest BCUT2D eigenvalue weighted by Crippen LogP contribution is -2.41. The third-order valence-corrected chi connectivity index (χ3v) is 4.12. The molecule has 1 saturated heterocycles. The fourth-order valence-corrected chi connectivity index (χ4v) is 3.00. The molecule has 1 aliphatic rings. The SMILES string of the molecule is CC(C)(C)OC(=O)N1CCC(c2csc(CO)n2)CC1. The first-order valence-corrected chi connectivity index (χ1v) is 7.80. The van der Waals surface area contributed by atoms with Crippen LogP contribution >= 0.6 is 11.3 Å². The number of ether oxygens (including phenoxy) is 1. The molecule has 1 aromatic rings. The summed E-state index contributed by atoms with van der Waals surface area (Å²) in [5.41, 5.74) is 0.599. The molecule has 0 aliphatic carbocycles. The minimum absolute atomic E-state index is 0.00141. The average molecular weight is 298 g/mol. The second-order valence-electron chi connectivity index (χ2n) is 6.07. The maximum absolute atomic E-state index is 12.0. The number of carbonyl (C=O) groups is 1. The van der Waals surface area contributed by atoms with Gasteiger partial charge in [0.2, 0.25) is 0 Å². The van der Waals surface area contributed by atoms with Crippen LogP contribution in [0.15, 0.2) is 5.38 Å². The summed E-state index contributed by atoms with van der Waals surface area (Å²) in [7, 11) is 0. The second-order valence-corrected chi connectivity index (χ2v) is 7.01. The number of piperidine rings is 1. The molecule has 0 unspecified atom stereocenters. The molecule has 2 rings (SSSR count). The molecule has 1 aliphatic heterocycles. The second kappa shape index (κ2) is 6.10. The molecule has 0 radical (unpaired) electrons. The molecule has 1 fully saturated rings. The van der Waals surface area contributed by atoms with Crippen LogP contribution in [0.5, 0.6) is 0 Å². The van der Waals surface area contributed by atoms with E-state index in [0.717, 1.165) is 23.5 Å². The van der Waals surface area contributed by atoms with Crippen molar-refractivity contribution in [2.45, 2.75) is 51.7 Å². The molecule has 1 N–H and O–H groups in total. The Kier molecular flexibility index (Phi) is 4.65. The standard InChI is InChI=1S/C14H22N2O3S/c1-14(2,3)19-13(18)16-6-4-10(5-7-16)11-9-20-12(8-17)15-11/h9-10,17H,4-8H2,1-3H3. The summed E-state index contributed by atoms with van der Waals surface area (Å²) < 4.78 is 5.38. The number of hydrogen-bond donors (Lipinski definition) is 1. The molecule has 2 heterocycles. The van der Waals surface area contributed by atoms with Gasteiger partial charge in [0.25, 0.3) is 0 Å². The average Bonchev–Trinajstić information content (AvgIpc) is 2.85. The zero-order valence-corrected chi connectivity index (χ0v) is 13.1. The fourth-order valence-electron chi connectivity index (χ4n) is 2.27. The van der Waals surface area contributed by atoms with Gasteiger partial charge < -0.3 is 14.7 Å². The molecule has 0 atom stereocenters. The normalized spacial score (nSPS) is 17.3. The minimum Gasteiger partial charge on any atom is -0.444 e. The number of aromatic nitrogens is 1. The summed E-state index contributed by atoms with van der Waals surface area (Å²) in [5, 5.41) is 11.8. The summed E-state index contributed by atoms with van der Waals surface area (Å²) in [6.07, 6.45) is 1.56. The van der Waals surface area contributed by atoms with Gasteiger partial charge in [-0.3, -0.25) is 0 Å². The molecule has 0 spiro atoms. The van der Waals surface area contributed by atoms with Gasteiger partial charge in [-0.2, -0.15) is 0 Å². The number of likely N-dealkylation sites (tertiary alicyclic amines) is 1. The lowest BCUT2D eigenvalue weighted by atomic mass is 9.94. The Morgan fingerprint density at radius 1 is 1.50 bits per heavy atom. The Hall–Kier alpha value is -1.14. The topological polar surface area (TPSA) is 62.7 Å². The number of carbonyl (C=O) groups excluding carboxylic acids is 1. The number of amides is 1. The van der Waals surface area contributed by atoms with E-state index in [1.54, 1.807) is 4.90 Å². The van der Waals surface area contributed by atoms with Gasteiger partial charge in [-0.1, -0.05) is 0 Å². The van der Waals surface area contributed by atoms with Gasteiger partial charge in [-0.25, -0.2) is 9.78 Å². The van der Waals surface area contributed by atoms with Crippen molar-refractivity contribution in [3.63, 3.8) is 0 Å². The highest BCUT2D eigenvalue weighted by atomic mass is 32.1. The van der Waals surface area contributed by atoms with Gasteiger partial charge in [-0.15, -0.1) is 11.3 Å². The predicted molar refractivity (Wildman–Crippen MR) is 77.8 cm³/mol. The van der Waals surface area contributed by atoms with E-state index in [4.69, 9.17) is 9.84 Å². The molecule has 0 saturated carbocycles. The number of nitrogens with zero attached hydrogens (tertiary/aromatic N) is 2. The third-order valence-electron chi connectivity index (χ3n) is 3.27. The molecule has 1 amide bonds. The van der Waals surface area contributed by atoms with Gasteiger partial charge in [0.15, 0.2) is 0 Å². The number of aliphatic hydroxyl groups is 1. The van der Waals surface area contributed by atoms with Gasteiger partial charge in [0, 0.05) is 24.4 Å². The quantitative estimate of drug-likeness (QED) is 0.912. The van der Waals surface area contributed by atoms with Crippen LogP contribution in [-0.4, -0.2) is 39.8 Å². The maximum Gasteiger partial charge on any atom is 0.410 e. The van der Waals surface area contributed by atoms with Crippen LogP contribution in [0, 0.1) is 0 Å². The monoisotopic (exact) mass is 298 g/mol. The summed E-state index contributed by atoms with van der Waals surface area (Å²) in [4.78, 5) is 18.1. The number of thiazole rings is 1. The summed E-state index contributed by atoms with van der Waals surface area (Å²) in [6.45, 7) is 7.04. The van der Waals surface area contributed by atoms with E-state index in [9.17, 15) is 4.79 Å². The first-order valence-electron chi connectivity index (χ1n) is 6.92. The maximum atomic E-state index is 12.0. The van der Waals surface area contributed by atoms with E-state index in [1.807, 2.05) is 26.2 Å². The number of aliphatic hydroxyl groups excluding tert-OH is 1. The summed E-state index contributed by atoms with van der Waals surface area (Å²) >= 11 is 1.49. The highest BCUT2D eigenvalue weighted by Gasteiger charge is 2.28. The molecular weight excluding hydrogens is 276 g/mol. The Balaban J connectivity index is 1.87. The van der Waals surface area contributed by atoms with Crippen LogP contribution < -0.4 is 0 Å². The van der Waals surface area contributed by atoms with Crippen molar-refractivity contribution in [1.82, 2.24) is 9.88 Å². The van der Waals surface area contributed by atoms with E-state index in [0.29, 0.717) is 19.0 Å². The van der Waals surface area contributed by atoms with Crippen molar-refractivity contribution in [2.75, 3.05) is 13.1 Å². The highest BCUT2D eigenvalue weighted by Crippen LogP contribution is 2.29. The largest absolute Gasteiger partial charge is 0.444 e. The van der Waals surface area contributed by atoms with E-state index in [2.05, 4.69) is 4.98 Å². The van der Waals surface area contributed by atoms with Crippen LogP contribution in [0.4, 0.5) is 4.79 Å². The molecular formula is C14H22N2O3S. The summed E-state index contributed by atoms with van der Waals surface area (Å²) in [5.74, 6) is 0.380. The van der Waals surface area contributed by atoms with E-state index < -0.39 is 5.60 Å². The molecule has 0 bridgehead atoms. The highest BCUT2D eigenvalue weighted by molar-refractivity contribution is 7.09. The third kappa shape index (κ3) is 3.93.